The van der Waals surface area contributed by atoms with E-state index in [1.807, 2.05) is 24.3 Å². The molecule has 20 heavy (non-hydrogen) atoms. The Labute approximate surface area is 127 Å². The Morgan fingerprint density at radius 3 is 3.15 bits per heavy atom. The van der Waals surface area contributed by atoms with Gasteiger partial charge in [0.15, 0.2) is 0 Å². The number of nitrogens with zero attached hydrogens (tertiary/aromatic N) is 1. The Morgan fingerprint density at radius 2 is 2.40 bits per heavy atom. The zero-order valence-electron chi connectivity index (χ0n) is 11.2. The van der Waals surface area contributed by atoms with Crippen molar-refractivity contribution in [3.63, 3.8) is 0 Å². The van der Waals surface area contributed by atoms with E-state index < -0.39 is 0 Å². The van der Waals surface area contributed by atoms with Gasteiger partial charge in [-0.25, -0.2) is 4.79 Å². The van der Waals surface area contributed by atoms with Crippen molar-refractivity contribution in [2.24, 2.45) is 0 Å². The molecule has 1 saturated heterocycles. The van der Waals surface area contributed by atoms with Gasteiger partial charge in [0, 0.05) is 11.0 Å². The topological polar surface area (TPSA) is 61.8 Å². The second-order valence-electron chi connectivity index (χ2n) is 4.71. The molecular weight excluding hydrogens is 324 g/mol. The highest BCUT2D eigenvalue weighted by atomic mass is 79.9. The van der Waals surface area contributed by atoms with E-state index in [4.69, 9.17) is 4.74 Å². The summed E-state index contributed by atoms with van der Waals surface area (Å²) < 4.78 is 6.50. The smallest absolute Gasteiger partial charge is 0.317 e. The number of benzene rings is 1. The maximum Gasteiger partial charge on any atom is 0.317 e. The van der Waals surface area contributed by atoms with Gasteiger partial charge in [-0.2, -0.15) is 0 Å². The average molecular weight is 343 g/mol. The fourth-order valence-corrected chi connectivity index (χ4v) is 2.66. The summed E-state index contributed by atoms with van der Waals surface area (Å²) in [5, 5.41) is 12.0. The van der Waals surface area contributed by atoms with E-state index in [0.717, 1.165) is 23.1 Å². The standard InChI is InChI=1S/C14H19BrN2O3/c15-11-3-1-5-13(9-11)20-8-6-16-14(19)17-7-2-4-12(17)10-18/h1,3,5,9,12,18H,2,4,6-8,10H2,(H,16,19)/t12-/m0/s1. The molecule has 5 nitrogen and oxygen atoms in total. The maximum absolute atomic E-state index is 11.9. The first-order chi connectivity index (χ1) is 9.70. The summed E-state index contributed by atoms with van der Waals surface area (Å²) in [7, 11) is 0. The molecule has 1 heterocycles. The number of carbonyl (C=O) groups is 1. The third-order valence-electron chi connectivity index (χ3n) is 3.29. The van der Waals surface area contributed by atoms with Crippen LogP contribution in [0.1, 0.15) is 12.8 Å². The molecule has 0 unspecified atom stereocenters. The quantitative estimate of drug-likeness (QED) is 0.804. The van der Waals surface area contributed by atoms with Crippen molar-refractivity contribution in [2.75, 3.05) is 26.3 Å². The number of aliphatic hydroxyl groups excluding tert-OH is 1. The lowest BCUT2D eigenvalue weighted by Crippen LogP contribution is -2.45. The van der Waals surface area contributed by atoms with Crippen LogP contribution in [0.3, 0.4) is 0 Å². The molecule has 110 valence electrons. The highest BCUT2D eigenvalue weighted by molar-refractivity contribution is 9.10. The molecule has 2 amide bonds. The van der Waals surface area contributed by atoms with Crippen molar-refractivity contribution >= 4 is 22.0 Å². The van der Waals surface area contributed by atoms with Crippen LogP contribution < -0.4 is 10.1 Å². The summed E-state index contributed by atoms with van der Waals surface area (Å²) in [5.74, 6) is 0.767. The molecule has 0 aromatic heterocycles. The van der Waals surface area contributed by atoms with Gasteiger partial charge >= 0.3 is 6.03 Å². The minimum absolute atomic E-state index is 0.0297. The van der Waals surface area contributed by atoms with Crippen molar-refractivity contribution < 1.29 is 14.6 Å². The van der Waals surface area contributed by atoms with Crippen molar-refractivity contribution in [2.45, 2.75) is 18.9 Å². The zero-order chi connectivity index (χ0) is 14.4. The van der Waals surface area contributed by atoms with Crippen LogP contribution in [0.2, 0.25) is 0 Å². The molecule has 0 radical (unpaired) electrons. The van der Waals surface area contributed by atoms with Gasteiger partial charge < -0.3 is 20.1 Å². The first-order valence-electron chi connectivity index (χ1n) is 6.74. The Bertz CT molecular complexity index is 456. The maximum atomic E-state index is 11.9. The number of halogens is 1. The molecule has 1 aromatic carbocycles. The van der Waals surface area contributed by atoms with Crippen molar-refractivity contribution in [1.82, 2.24) is 10.2 Å². The monoisotopic (exact) mass is 342 g/mol. The van der Waals surface area contributed by atoms with Crippen LogP contribution in [0.4, 0.5) is 4.79 Å². The van der Waals surface area contributed by atoms with E-state index in [0.29, 0.717) is 19.7 Å². The number of hydrogen-bond donors (Lipinski definition) is 2. The molecule has 1 aromatic rings. The third kappa shape index (κ3) is 4.11. The summed E-state index contributed by atoms with van der Waals surface area (Å²) in [5.41, 5.74) is 0. The van der Waals surface area contributed by atoms with Crippen molar-refractivity contribution in [1.29, 1.82) is 0 Å². The second-order valence-corrected chi connectivity index (χ2v) is 5.63. The van der Waals surface area contributed by atoms with Gasteiger partial charge in [0.2, 0.25) is 0 Å². The molecular formula is C14H19BrN2O3. The number of hydrogen-bond acceptors (Lipinski definition) is 3. The SMILES string of the molecule is O=C(NCCOc1cccc(Br)c1)N1CCC[C@H]1CO. The van der Waals surface area contributed by atoms with E-state index in [1.165, 1.54) is 0 Å². The first kappa shape index (κ1) is 15.1. The molecule has 1 fully saturated rings. The van der Waals surface area contributed by atoms with Gasteiger partial charge in [-0.15, -0.1) is 0 Å². The van der Waals surface area contributed by atoms with Crippen LogP contribution >= 0.6 is 15.9 Å². The molecule has 1 aliphatic heterocycles. The molecule has 0 bridgehead atoms. The molecule has 1 atom stereocenters. The van der Waals surface area contributed by atoms with E-state index in [1.54, 1.807) is 4.90 Å². The number of carbonyl (C=O) groups excluding carboxylic acids is 1. The van der Waals surface area contributed by atoms with Gasteiger partial charge in [-0.3, -0.25) is 0 Å². The highest BCUT2D eigenvalue weighted by Gasteiger charge is 2.27. The number of rotatable bonds is 5. The number of ether oxygens (including phenoxy) is 1. The number of aliphatic hydroxyl groups is 1. The predicted molar refractivity (Wildman–Crippen MR) is 79.8 cm³/mol. The second kappa shape index (κ2) is 7.50. The van der Waals surface area contributed by atoms with Crippen LogP contribution in [-0.4, -0.2) is 48.4 Å². The molecule has 0 spiro atoms. The summed E-state index contributed by atoms with van der Waals surface area (Å²) in [6, 6.07) is 7.41. The van der Waals surface area contributed by atoms with E-state index >= 15 is 0 Å². The summed E-state index contributed by atoms with van der Waals surface area (Å²) in [4.78, 5) is 13.6. The van der Waals surface area contributed by atoms with Crippen molar-refractivity contribution in [3.05, 3.63) is 28.7 Å². The molecule has 2 rings (SSSR count). The van der Waals surface area contributed by atoms with Gasteiger partial charge in [-0.05, 0) is 31.0 Å². The van der Waals surface area contributed by atoms with Gasteiger partial charge in [0.05, 0.1) is 19.2 Å². The lowest BCUT2D eigenvalue weighted by atomic mass is 10.2. The summed E-state index contributed by atoms with van der Waals surface area (Å²) in [6.45, 7) is 1.60. The fraction of sp³-hybridized carbons (Fsp3) is 0.500. The largest absolute Gasteiger partial charge is 0.492 e. The Morgan fingerprint density at radius 1 is 1.55 bits per heavy atom. The van der Waals surface area contributed by atoms with Crippen molar-refractivity contribution in [3.8, 4) is 5.75 Å². The Balaban J connectivity index is 1.69. The summed E-state index contributed by atoms with van der Waals surface area (Å²) >= 11 is 3.37. The van der Waals surface area contributed by atoms with Crippen LogP contribution in [0, 0.1) is 0 Å². The van der Waals surface area contributed by atoms with Gasteiger partial charge in [0.1, 0.15) is 12.4 Å². The van der Waals surface area contributed by atoms with Crippen LogP contribution in [0.25, 0.3) is 0 Å². The lowest BCUT2D eigenvalue weighted by Gasteiger charge is -2.23. The van der Waals surface area contributed by atoms with E-state index in [9.17, 15) is 9.90 Å². The van der Waals surface area contributed by atoms with E-state index in [2.05, 4.69) is 21.2 Å². The minimum atomic E-state index is -0.126. The van der Waals surface area contributed by atoms with Gasteiger partial charge in [-0.1, -0.05) is 22.0 Å². The van der Waals surface area contributed by atoms with Gasteiger partial charge in [0.25, 0.3) is 0 Å². The number of likely N-dealkylation sites (tertiary alicyclic amines) is 1. The van der Waals surface area contributed by atoms with Crippen LogP contribution in [0.15, 0.2) is 28.7 Å². The first-order valence-corrected chi connectivity index (χ1v) is 7.53. The van der Waals surface area contributed by atoms with Crippen LogP contribution in [0.5, 0.6) is 5.75 Å². The Hall–Kier alpha value is -1.27. The molecule has 2 N–H and O–H groups in total. The van der Waals surface area contributed by atoms with Crippen LogP contribution in [-0.2, 0) is 0 Å². The van der Waals surface area contributed by atoms with E-state index in [-0.39, 0.29) is 18.7 Å². The highest BCUT2D eigenvalue weighted by Crippen LogP contribution is 2.18. The molecule has 1 aliphatic rings. The fourth-order valence-electron chi connectivity index (χ4n) is 2.28. The lowest BCUT2D eigenvalue weighted by molar-refractivity contribution is 0.156. The number of urea groups is 1. The number of amides is 2. The summed E-state index contributed by atoms with van der Waals surface area (Å²) in [6.07, 6.45) is 1.83. The molecule has 6 heteroatoms. The normalized spacial score (nSPS) is 18.1. The zero-order valence-corrected chi connectivity index (χ0v) is 12.8. The predicted octanol–water partition coefficient (Wildman–Crippen LogP) is 1.99. The number of nitrogens with one attached hydrogen (secondary N) is 1. The minimum Gasteiger partial charge on any atom is -0.492 e. The Kier molecular flexibility index (Phi) is 5.67. The average Bonchev–Trinajstić information content (AvgIpc) is 2.92. The molecule has 0 aliphatic carbocycles. The third-order valence-corrected chi connectivity index (χ3v) is 3.79. The molecule has 0 saturated carbocycles.